The fourth-order valence-corrected chi connectivity index (χ4v) is 0.118. The van der Waals surface area contributed by atoms with Crippen LogP contribution in [-0.2, 0) is 28.4 Å². The van der Waals surface area contributed by atoms with Gasteiger partial charge in [0, 0.05) is 56.9 Å². The molecule has 0 aliphatic rings. The van der Waals surface area contributed by atoms with Crippen molar-refractivity contribution in [2.45, 2.75) is 0 Å². The molecule has 26 heavy (non-hydrogen) atoms. The summed E-state index contributed by atoms with van der Waals surface area (Å²) in [4.78, 5) is 8.95. The van der Waals surface area contributed by atoms with Crippen molar-refractivity contribution in [1.29, 1.82) is 0 Å². The second-order valence-electron chi connectivity index (χ2n) is 1.44. The Morgan fingerprint density at radius 1 is 0.692 bits per heavy atom. The molecule has 0 aliphatic heterocycles. The number of aliphatic hydroxyl groups is 4. The van der Waals surface area contributed by atoms with Gasteiger partial charge in [-0.05, 0) is 0 Å². The van der Waals surface area contributed by atoms with E-state index in [1.165, 1.54) is 7.11 Å². The van der Waals surface area contributed by atoms with Crippen LogP contribution in [-0.4, -0.2) is 120 Å². The summed E-state index contributed by atoms with van der Waals surface area (Å²) in [6, 6.07) is 0. The normalized spacial score (nSPS) is 4.12. The molecule has 0 bridgehead atoms. The number of carbonyl (C=O) groups excluding carboxylic acids is 1. The average molecular weight is 410 g/mol. The summed E-state index contributed by atoms with van der Waals surface area (Å²) in [5, 5.41) is 28.0. The Labute approximate surface area is 155 Å². The SMILES string of the molecule is CO.CO.CO.CO.COC.COC=O.COCOC.O.O.O.O.[C-]#[O+]. The molecule has 0 fully saturated rings. The second-order valence-corrected chi connectivity index (χ2v) is 1.44. The molecule has 0 aromatic carbocycles. The van der Waals surface area contributed by atoms with Gasteiger partial charge in [0.1, 0.15) is 6.79 Å². The van der Waals surface area contributed by atoms with Crippen LogP contribution in [0.5, 0.6) is 0 Å². The Bertz CT molecular complexity index is 93.2. The molecule has 0 saturated heterocycles. The molecule has 0 heterocycles. The molecule has 14 heteroatoms. The van der Waals surface area contributed by atoms with Gasteiger partial charge in [-0.25, -0.2) is 0 Å². The maximum atomic E-state index is 8.95. The van der Waals surface area contributed by atoms with Crippen LogP contribution in [0.3, 0.4) is 0 Å². The van der Waals surface area contributed by atoms with Crippen LogP contribution in [0.25, 0.3) is 0 Å². The van der Waals surface area contributed by atoms with E-state index < -0.39 is 0 Å². The quantitative estimate of drug-likeness (QED) is 0.150. The van der Waals surface area contributed by atoms with Crippen LogP contribution in [0.4, 0.5) is 0 Å². The van der Waals surface area contributed by atoms with Gasteiger partial charge >= 0.3 is 11.3 Å². The van der Waals surface area contributed by atoms with Crippen LogP contribution in [0.1, 0.15) is 0 Å². The van der Waals surface area contributed by atoms with Crippen LogP contribution in [0, 0.1) is 6.65 Å². The molecule has 0 saturated carbocycles. The molecule has 12 N–H and O–H groups in total. The molecule has 0 unspecified atom stereocenters. The molecule has 0 aromatic heterocycles. The zero-order valence-corrected chi connectivity index (χ0v) is 17.0. The summed E-state index contributed by atoms with van der Waals surface area (Å²) in [5.74, 6) is 0. The summed E-state index contributed by atoms with van der Waals surface area (Å²) in [7, 11) is 11.7. The minimum absolute atomic E-state index is 0. The molecular formula is C12H42O14. The summed E-state index contributed by atoms with van der Waals surface area (Å²) in [6.45, 7) is 5.26. The fraction of sp³-hybridized carbons (Fsp3) is 0.833. The van der Waals surface area contributed by atoms with Crippen LogP contribution in [0.2, 0.25) is 0 Å². The van der Waals surface area contributed by atoms with Crippen molar-refractivity contribution in [3.63, 3.8) is 0 Å². The van der Waals surface area contributed by atoms with E-state index in [-0.39, 0.29) is 21.9 Å². The van der Waals surface area contributed by atoms with Gasteiger partial charge in [0.25, 0.3) is 6.47 Å². The van der Waals surface area contributed by atoms with E-state index in [0.29, 0.717) is 13.3 Å². The third-order valence-corrected chi connectivity index (χ3v) is 0.332. The predicted molar refractivity (Wildman–Crippen MR) is 95.8 cm³/mol. The van der Waals surface area contributed by atoms with Gasteiger partial charge < -0.3 is 61.3 Å². The topological polar surface area (TPSA) is 281 Å². The minimum atomic E-state index is 0. The first-order valence-electron chi connectivity index (χ1n) is 5.08. The molecule has 0 amide bonds. The van der Waals surface area contributed by atoms with Gasteiger partial charge in [0.05, 0.1) is 7.11 Å². The van der Waals surface area contributed by atoms with E-state index >= 15 is 0 Å². The first-order valence-corrected chi connectivity index (χ1v) is 5.08. The van der Waals surface area contributed by atoms with Crippen molar-refractivity contribution in [1.82, 2.24) is 0 Å². The molecule has 0 rings (SSSR count). The first kappa shape index (κ1) is 85.8. The second kappa shape index (κ2) is 542. The van der Waals surface area contributed by atoms with E-state index in [2.05, 4.69) is 25.6 Å². The van der Waals surface area contributed by atoms with Gasteiger partial charge in [-0.1, -0.05) is 0 Å². The summed E-state index contributed by atoms with van der Waals surface area (Å²) in [5.41, 5.74) is 0. The van der Waals surface area contributed by atoms with E-state index in [0.717, 1.165) is 28.4 Å². The summed E-state index contributed by atoms with van der Waals surface area (Å²) in [6.07, 6.45) is 0. The average Bonchev–Trinajstić information content (AvgIpc) is 2.65. The van der Waals surface area contributed by atoms with Gasteiger partial charge in [-0.15, -0.1) is 0 Å². The van der Waals surface area contributed by atoms with Crippen LogP contribution in [0.15, 0.2) is 0 Å². The number of ether oxygens (including phenoxy) is 4. The molecule has 14 nitrogen and oxygen atoms in total. The van der Waals surface area contributed by atoms with E-state index in [1.54, 1.807) is 28.4 Å². The number of methoxy groups -OCH3 is 4. The Kier molecular flexibility index (Phi) is 1790. The third kappa shape index (κ3) is 3440. The van der Waals surface area contributed by atoms with Gasteiger partial charge in [0.2, 0.25) is 0 Å². The van der Waals surface area contributed by atoms with Gasteiger partial charge in [-0.3, -0.25) is 4.79 Å². The monoisotopic (exact) mass is 410 g/mol. The molecule has 0 atom stereocenters. The number of carbonyl (C=O) groups is 1. The van der Waals surface area contributed by atoms with Crippen LogP contribution < -0.4 is 0 Å². The Morgan fingerprint density at radius 3 is 0.808 bits per heavy atom. The molecule has 0 radical (unpaired) electrons. The molecule has 174 valence electrons. The summed E-state index contributed by atoms with van der Waals surface area (Å²) < 4.78 is 24.5. The van der Waals surface area contributed by atoms with E-state index in [1.807, 2.05) is 0 Å². The van der Waals surface area contributed by atoms with Crippen molar-refractivity contribution in [2.24, 2.45) is 0 Å². The molecular weight excluding hydrogens is 368 g/mol. The number of aliphatic hydroxyl groups excluding tert-OH is 4. The van der Waals surface area contributed by atoms with Gasteiger partial charge in [-0.2, -0.15) is 0 Å². The third-order valence-electron chi connectivity index (χ3n) is 0.332. The molecule has 0 aliphatic carbocycles. The molecule has 0 spiro atoms. The van der Waals surface area contributed by atoms with Gasteiger partial charge in [0.15, 0.2) is 0 Å². The Balaban J connectivity index is -0.00000000871. The van der Waals surface area contributed by atoms with Crippen molar-refractivity contribution < 1.29 is 70.7 Å². The fourth-order valence-electron chi connectivity index (χ4n) is 0.118. The van der Waals surface area contributed by atoms with Crippen molar-refractivity contribution in [2.75, 3.05) is 70.8 Å². The Hall–Kier alpha value is -1.23. The van der Waals surface area contributed by atoms with E-state index in [9.17, 15) is 0 Å². The van der Waals surface area contributed by atoms with E-state index in [4.69, 9.17) is 29.9 Å². The van der Waals surface area contributed by atoms with Crippen molar-refractivity contribution in [3.8, 4) is 0 Å². The van der Waals surface area contributed by atoms with Crippen LogP contribution >= 0.6 is 0 Å². The Morgan fingerprint density at radius 2 is 0.808 bits per heavy atom. The standard InChI is InChI=1S/C3H8O2.C2H4O2.C2H6O.4CH4O.CO.4H2O/c1-4-3-5-2;1-4-2-3;1-3-2;5*1-2;;;;/h3H2,1-2H3;2H,1H3;1-2H3;4*2H,1H3;;4*1H2. The first-order chi connectivity index (χ1) is 10.7. The number of hydrogen-bond donors (Lipinski definition) is 4. The number of rotatable bonds is 3. The molecule has 0 aromatic rings. The van der Waals surface area contributed by atoms with Crippen molar-refractivity contribution in [3.05, 3.63) is 6.65 Å². The number of hydrogen-bond acceptors (Lipinski definition) is 9. The zero-order chi connectivity index (χ0) is 20.2. The summed E-state index contributed by atoms with van der Waals surface area (Å²) >= 11 is 0. The maximum absolute atomic E-state index is 8.95. The predicted octanol–water partition coefficient (Wildman–Crippen LogP) is -4.61. The van der Waals surface area contributed by atoms with Crippen molar-refractivity contribution >= 4 is 6.47 Å². The zero-order valence-electron chi connectivity index (χ0n) is 17.0.